The lowest BCUT2D eigenvalue weighted by molar-refractivity contribution is 0.653. The van der Waals surface area contributed by atoms with Crippen molar-refractivity contribution in [1.82, 2.24) is 9.97 Å². The molecule has 0 bridgehead atoms. The first-order chi connectivity index (χ1) is 13.9. The van der Waals surface area contributed by atoms with E-state index in [0.717, 1.165) is 44.4 Å². The summed E-state index contributed by atoms with van der Waals surface area (Å²) in [6.07, 6.45) is 0. The van der Waals surface area contributed by atoms with Crippen LogP contribution in [0.1, 0.15) is 42.3 Å². The molecular formula is C26H24N2O. The van der Waals surface area contributed by atoms with E-state index in [9.17, 15) is 0 Å². The van der Waals surface area contributed by atoms with Crippen LogP contribution in [0.3, 0.4) is 0 Å². The van der Waals surface area contributed by atoms with Crippen molar-refractivity contribution in [1.29, 1.82) is 0 Å². The number of fused-ring (bicyclic) bond motifs is 4. The summed E-state index contributed by atoms with van der Waals surface area (Å²) >= 11 is 0. The first-order valence-corrected chi connectivity index (χ1v) is 10.1. The summed E-state index contributed by atoms with van der Waals surface area (Å²) in [6, 6.07) is 17.4. The van der Waals surface area contributed by atoms with Crippen LogP contribution in [0.5, 0.6) is 0 Å². The zero-order valence-electron chi connectivity index (χ0n) is 17.5. The minimum absolute atomic E-state index is 0.492. The van der Waals surface area contributed by atoms with Crippen LogP contribution in [-0.4, -0.2) is 9.97 Å². The second-order valence-corrected chi connectivity index (χ2v) is 8.34. The number of furan rings is 1. The molecule has 5 rings (SSSR count). The van der Waals surface area contributed by atoms with Crippen molar-refractivity contribution in [2.45, 2.75) is 40.5 Å². The summed E-state index contributed by atoms with van der Waals surface area (Å²) < 4.78 is 6.27. The lowest BCUT2D eigenvalue weighted by atomic mass is 9.95. The lowest BCUT2D eigenvalue weighted by Crippen LogP contribution is -1.93. The maximum atomic E-state index is 6.27. The minimum Gasteiger partial charge on any atom is -0.437 e. The number of aromatic nitrogens is 2. The highest BCUT2D eigenvalue weighted by molar-refractivity contribution is 6.11. The number of pyridine rings is 2. The van der Waals surface area contributed by atoms with Crippen LogP contribution in [0.2, 0.25) is 0 Å². The van der Waals surface area contributed by atoms with Crippen molar-refractivity contribution in [2.75, 3.05) is 0 Å². The molecule has 0 aliphatic rings. The van der Waals surface area contributed by atoms with Gasteiger partial charge in [0.2, 0.25) is 5.71 Å². The van der Waals surface area contributed by atoms with Crippen molar-refractivity contribution in [2.24, 2.45) is 0 Å². The lowest BCUT2D eigenvalue weighted by Gasteiger charge is -2.12. The number of hydrogen-bond donors (Lipinski definition) is 0. The van der Waals surface area contributed by atoms with E-state index in [1.54, 1.807) is 0 Å². The van der Waals surface area contributed by atoms with Crippen LogP contribution < -0.4 is 0 Å². The van der Waals surface area contributed by atoms with Gasteiger partial charge in [-0.05, 0) is 73.5 Å². The first kappa shape index (κ1) is 17.9. The van der Waals surface area contributed by atoms with Gasteiger partial charge in [-0.1, -0.05) is 32.0 Å². The van der Waals surface area contributed by atoms with E-state index in [-0.39, 0.29) is 0 Å². The second-order valence-electron chi connectivity index (χ2n) is 8.34. The van der Waals surface area contributed by atoms with Crippen LogP contribution in [0.4, 0.5) is 0 Å². The smallest absolute Gasteiger partial charge is 0.227 e. The average Bonchev–Trinajstić information content (AvgIpc) is 3.03. The summed E-state index contributed by atoms with van der Waals surface area (Å²) in [4.78, 5) is 9.55. The van der Waals surface area contributed by atoms with Crippen LogP contribution in [0.15, 0.2) is 52.9 Å². The van der Waals surface area contributed by atoms with Crippen molar-refractivity contribution in [3.05, 3.63) is 71.0 Å². The number of benzene rings is 2. The maximum absolute atomic E-state index is 6.27. The van der Waals surface area contributed by atoms with Crippen molar-refractivity contribution >= 4 is 32.8 Å². The average molecular weight is 380 g/mol. The van der Waals surface area contributed by atoms with Gasteiger partial charge in [0.1, 0.15) is 5.58 Å². The molecule has 0 saturated heterocycles. The summed E-state index contributed by atoms with van der Waals surface area (Å²) in [7, 11) is 0. The fourth-order valence-corrected chi connectivity index (χ4v) is 4.15. The van der Waals surface area contributed by atoms with E-state index in [2.05, 4.69) is 75.1 Å². The molecule has 0 amide bonds. The minimum atomic E-state index is 0.492. The largest absolute Gasteiger partial charge is 0.437 e. The van der Waals surface area contributed by atoms with Crippen molar-refractivity contribution in [3.8, 4) is 11.3 Å². The molecule has 0 spiro atoms. The van der Waals surface area contributed by atoms with Gasteiger partial charge in [-0.25, -0.2) is 4.98 Å². The van der Waals surface area contributed by atoms with E-state index in [1.807, 2.05) is 13.0 Å². The Balaban J connectivity index is 1.88. The topological polar surface area (TPSA) is 38.9 Å². The molecule has 3 heteroatoms. The summed E-state index contributed by atoms with van der Waals surface area (Å²) in [5.41, 5.74) is 8.03. The zero-order valence-corrected chi connectivity index (χ0v) is 17.5. The van der Waals surface area contributed by atoms with Crippen LogP contribution >= 0.6 is 0 Å². The predicted molar refractivity (Wildman–Crippen MR) is 121 cm³/mol. The Bertz CT molecular complexity index is 1410. The van der Waals surface area contributed by atoms with Gasteiger partial charge in [0.15, 0.2) is 0 Å². The molecule has 0 saturated carbocycles. The highest BCUT2D eigenvalue weighted by atomic mass is 16.3. The van der Waals surface area contributed by atoms with E-state index in [4.69, 9.17) is 9.40 Å². The fourth-order valence-electron chi connectivity index (χ4n) is 4.15. The van der Waals surface area contributed by atoms with E-state index in [1.165, 1.54) is 16.5 Å². The molecule has 0 aliphatic carbocycles. The SMILES string of the molecule is Cc1cc(-c2nc(C)cc3cc(C(C)C)ccc23)c2oc3nc(C)ccc3c2c1. The van der Waals surface area contributed by atoms with Gasteiger partial charge in [0, 0.05) is 33.1 Å². The summed E-state index contributed by atoms with van der Waals surface area (Å²) in [5.74, 6) is 0.492. The molecule has 3 aromatic heterocycles. The summed E-state index contributed by atoms with van der Waals surface area (Å²) in [6.45, 7) is 10.6. The Morgan fingerprint density at radius 2 is 1.55 bits per heavy atom. The monoisotopic (exact) mass is 380 g/mol. The van der Waals surface area contributed by atoms with E-state index < -0.39 is 0 Å². The van der Waals surface area contributed by atoms with Crippen LogP contribution in [0.25, 0.3) is 44.1 Å². The van der Waals surface area contributed by atoms with Gasteiger partial charge >= 0.3 is 0 Å². The summed E-state index contributed by atoms with van der Waals surface area (Å²) in [5, 5.41) is 4.52. The molecule has 0 unspecified atom stereocenters. The van der Waals surface area contributed by atoms with Gasteiger partial charge in [0.25, 0.3) is 0 Å². The molecule has 144 valence electrons. The van der Waals surface area contributed by atoms with Gasteiger partial charge in [-0.15, -0.1) is 0 Å². The van der Waals surface area contributed by atoms with Crippen LogP contribution in [0, 0.1) is 20.8 Å². The number of aryl methyl sites for hydroxylation is 3. The number of nitrogens with zero attached hydrogens (tertiary/aromatic N) is 2. The Kier molecular flexibility index (Phi) is 3.95. The van der Waals surface area contributed by atoms with Gasteiger partial charge in [0.05, 0.1) is 5.69 Å². The molecule has 3 nitrogen and oxygen atoms in total. The Morgan fingerprint density at radius 1 is 0.759 bits per heavy atom. The molecule has 0 atom stereocenters. The number of hydrogen-bond acceptors (Lipinski definition) is 3. The molecule has 5 aromatic rings. The third-order valence-electron chi connectivity index (χ3n) is 5.63. The Labute approximate surface area is 170 Å². The molecule has 0 aliphatic heterocycles. The molecular weight excluding hydrogens is 356 g/mol. The zero-order chi connectivity index (χ0) is 20.3. The van der Waals surface area contributed by atoms with Gasteiger partial charge in [-0.3, -0.25) is 4.98 Å². The number of rotatable bonds is 2. The van der Waals surface area contributed by atoms with E-state index in [0.29, 0.717) is 11.6 Å². The van der Waals surface area contributed by atoms with Crippen LogP contribution in [-0.2, 0) is 0 Å². The van der Waals surface area contributed by atoms with Gasteiger partial charge in [-0.2, -0.15) is 0 Å². The molecule has 3 heterocycles. The fraction of sp³-hybridized carbons (Fsp3) is 0.231. The highest BCUT2D eigenvalue weighted by Gasteiger charge is 2.17. The Morgan fingerprint density at radius 3 is 2.34 bits per heavy atom. The second kappa shape index (κ2) is 6.41. The third-order valence-corrected chi connectivity index (χ3v) is 5.63. The quantitative estimate of drug-likeness (QED) is 0.324. The van der Waals surface area contributed by atoms with Crippen molar-refractivity contribution in [3.63, 3.8) is 0 Å². The predicted octanol–water partition coefficient (Wildman–Crippen LogP) is 7.24. The maximum Gasteiger partial charge on any atom is 0.227 e. The van der Waals surface area contributed by atoms with Crippen molar-refractivity contribution < 1.29 is 4.42 Å². The first-order valence-electron chi connectivity index (χ1n) is 10.1. The highest BCUT2D eigenvalue weighted by Crippen LogP contribution is 2.38. The molecule has 0 fully saturated rings. The Hall–Kier alpha value is -3.20. The molecule has 2 aromatic carbocycles. The standard InChI is InChI=1S/C26H24N2O/c1-14(2)18-7-9-20-19(13-18)12-17(5)27-24(20)23-11-15(3)10-22-21-8-6-16(4)28-26(21)29-25(22)23/h6-14H,1-5H3. The molecule has 0 N–H and O–H groups in total. The van der Waals surface area contributed by atoms with E-state index >= 15 is 0 Å². The normalized spacial score (nSPS) is 11.9. The third kappa shape index (κ3) is 2.89. The molecule has 29 heavy (non-hydrogen) atoms. The van der Waals surface area contributed by atoms with Gasteiger partial charge < -0.3 is 4.42 Å². The molecule has 0 radical (unpaired) electrons.